The quantitative estimate of drug-likeness (QED) is 0.569. The minimum absolute atomic E-state index is 0.0646. The van der Waals surface area contributed by atoms with Gasteiger partial charge < -0.3 is 14.8 Å². The standard InChI is InChI=1S/C15H15N3O4/c1-10-4-5-12(19)11(7-10)8-17-18-14(20)9-16-15(21)13-3-2-6-22-13/h2-8,19H,9H2,1H3,(H,16,21)(H,18,20)/b17-8+. The van der Waals surface area contributed by atoms with Gasteiger partial charge in [-0.05, 0) is 31.2 Å². The fourth-order valence-electron chi connectivity index (χ4n) is 1.65. The van der Waals surface area contributed by atoms with Crippen LogP contribution in [-0.2, 0) is 4.79 Å². The molecule has 0 aliphatic carbocycles. The molecule has 1 aromatic heterocycles. The second-order valence-electron chi connectivity index (χ2n) is 4.52. The van der Waals surface area contributed by atoms with E-state index in [-0.39, 0.29) is 18.1 Å². The molecule has 3 N–H and O–H groups in total. The van der Waals surface area contributed by atoms with Crippen molar-refractivity contribution in [3.63, 3.8) is 0 Å². The number of furan rings is 1. The highest BCUT2D eigenvalue weighted by Crippen LogP contribution is 2.15. The lowest BCUT2D eigenvalue weighted by Gasteiger charge is -2.02. The van der Waals surface area contributed by atoms with E-state index < -0.39 is 11.8 Å². The third-order valence-electron chi connectivity index (χ3n) is 2.73. The van der Waals surface area contributed by atoms with Crippen molar-refractivity contribution in [1.82, 2.24) is 10.7 Å². The first-order valence-electron chi connectivity index (χ1n) is 6.49. The first-order chi connectivity index (χ1) is 10.6. The van der Waals surface area contributed by atoms with Crippen molar-refractivity contribution in [2.24, 2.45) is 5.10 Å². The zero-order valence-corrected chi connectivity index (χ0v) is 11.9. The van der Waals surface area contributed by atoms with Crippen molar-refractivity contribution in [2.75, 3.05) is 6.54 Å². The van der Waals surface area contributed by atoms with Crippen LogP contribution in [0, 0.1) is 6.92 Å². The minimum atomic E-state index is -0.497. The monoisotopic (exact) mass is 301 g/mol. The summed E-state index contributed by atoms with van der Waals surface area (Å²) in [5.41, 5.74) is 3.69. The van der Waals surface area contributed by atoms with Crippen LogP contribution in [0.5, 0.6) is 5.75 Å². The average molecular weight is 301 g/mol. The van der Waals surface area contributed by atoms with E-state index in [9.17, 15) is 14.7 Å². The predicted octanol–water partition coefficient (Wildman–Crippen LogP) is 1.17. The molecule has 0 saturated carbocycles. The highest BCUT2D eigenvalue weighted by atomic mass is 16.3. The molecule has 2 amide bonds. The summed E-state index contributed by atoms with van der Waals surface area (Å²) in [5, 5.41) is 15.7. The number of nitrogens with zero attached hydrogens (tertiary/aromatic N) is 1. The second-order valence-corrected chi connectivity index (χ2v) is 4.52. The fraction of sp³-hybridized carbons (Fsp3) is 0.133. The molecule has 22 heavy (non-hydrogen) atoms. The van der Waals surface area contributed by atoms with Crippen molar-refractivity contribution in [3.8, 4) is 5.75 Å². The molecule has 0 radical (unpaired) electrons. The molecule has 7 heteroatoms. The summed E-state index contributed by atoms with van der Waals surface area (Å²) in [7, 11) is 0. The molecule has 0 aliphatic rings. The van der Waals surface area contributed by atoms with Gasteiger partial charge in [-0.25, -0.2) is 5.43 Å². The van der Waals surface area contributed by atoms with E-state index in [0.717, 1.165) is 5.56 Å². The number of aromatic hydroxyl groups is 1. The maximum absolute atomic E-state index is 11.5. The van der Waals surface area contributed by atoms with Crippen LogP contribution < -0.4 is 10.7 Å². The van der Waals surface area contributed by atoms with Crippen LogP contribution >= 0.6 is 0 Å². The van der Waals surface area contributed by atoms with E-state index >= 15 is 0 Å². The van der Waals surface area contributed by atoms with Gasteiger partial charge in [0.2, 0.25) is 0 Å². The van der Waals surface area contributed by atoms with Gasteiger partial charge in [-0.1, -0.05) is 11.6 Å². The number of aryl methyl sites for hydroxylation is 1. The van der Waals surface area contributed by atoms with Crippen molar-refractivity contribution < 1.29 is 19.1 Å². The summed E-state index contributed by atoms with van der Waals surface area (Å²) in [6.45, 7) is 1.64. The van der Waals surface area contributed by atoms with Crippen molar-refractivity contribution in [1.29, 1.82) is 0 Å². The Balaban J connectivity index is 1.81. The Bertz CT molecular complexity index is 693. The van der Waals surface area contributed by atoms with Gasteiger partial charge in [0.1, 0.15) is 5.75 Å². The first kappa shape index (κ1) is 15.3. The van der Waals surface area contributed by atoms with Crippen LogP contribution in [0.25, 0.3) is 0 Å². The molecule has 0 atom stereocenters. The second kappa shape index (κ2) is 7.07. The van der Waals surface area contributed by atoms with Crippen LogP contribution in [0.2, 0.25) is 0 Å². The van der Waals surface area contributed by atoms with Crippen LogP contribution in [-0.4, -0.2) is 29.7 Å². The Morgan fingerprint density at radius 1 is 1.36 bits per heavy atom. The lowest BCUT2D eigenvalue weighted by molar-refractivity contribution is -0.120. The lowest BCUT2D eigenvalue weighted by Crippen LogP contribution is -2.34. The molecule has 1 aromatic carbocycles. The average Bonchev–Trinajstić information content (AvgIpc) is 3.02. The molecule has 0 unspecified atom stereocenters. The molecule has 2 rings (SSSR count). The largest absolute Gasteiger partial charge is 0.507 e. The number of hydrazone groups is 1. The summed E-state index contributed by atoms with van der Waals surface area (Å²) >= 11 is 0. The molecule has 7 nitrogen and oxygen atoms in total. The summed E-state index contributed by atoms with van der Waals surface area (Å²) in [4.78, 5) is 23.1. The summed E-state index contributed by atoms with van der Waals surface area (Å²) in [6, 6.07) is 8.10. The molecule has 114 valence electrons. The van der Waals surface area contributed by atoms with Crippen molar-refractivity contribution >= 4 is 18.0 Å². The third-order valence-corrected chi connectivity index (χ3v) is 2.73. The molecule has 0 spiro atoms. The zero-order chi connectivity index (χ0) is 15.9. The highest BCUT2D eigenvalue weighted by molar-refractivity contribution is 5.94. The number of hydrogen-bond acceptors (Lipinski definition) is 5. The zero-order valence-electron chi connectivity index (χ0n) is 11.9. The number of phenols is 1. The lowest BCUT2D eigenvalue weighted by atomic mass is 10.1. The molecule has 0 bridgehead atoms. The SMILES string of the molecule is Cc1ccc(O)c(/C=N/NC(=O)CNC(=O)c2ccco2)c1. The van der Waals surface area contributed by atoms with Crippen LogP contribution in [0.4, 0.5) is 0 Å². The normalized spacial score (nSPS) is 10.6. The predicted molar refractivity (Wildman–Crippen MR) is 79.6 cm³/mol. The van der Waals surface area contributed by atoms with E-state index in [1.165, 1.54) is 18.5 Å². The number of carbonyl (C=O) groups excluding carboxylic acids is 2. The van der Waals surface area contributed by atoms with Gasteiger partial charge >= 0.3 is 0 Å². The summed E-state index contributed by atoms with van der Waals surface area (Å²) in [6.07, 6.45) is 2.70. The van der Waals surface area contributed by atoms with Gasteiger partial charge in [0, 0.05) is 5.56 Å². The number of hydrogen-bond donors (Lipinski definition) is 3. The minimum Gasteiger partial charge on any atom is -0.507 e. The molecule has 0 fully saturated rings. The van der Waals surface area contributed by atoms with Crippen LogP contribution in [0.15, 0.2) is 46.1 Å². The van der Waals surface area contributed by atoms with Gasteiger partial charge in [-0.15, -0.1) is 0 Å². The van der Waals surface area contributed by atoms with Crippen LogP contribution in [0.3, 0.4) is 0 Å². The summed E-state index contributed by atoms with van der Waals surface area (Å²) in [5.74, 6) is -0.792. The van der Waals surface area contributed by atoms with Gasteiger partial charge in [0.05, 0.1) is 19.0 Å². The molecule has 1 heterocycles. The van der Waals surface area contributed by atoms with Crippen molar-refractivity contribution in [2.45, 2.75) is 6.92 Å². The van der Waals surface area contributed by atoms with Gasteiger partial charge in [-0.2, -0.15) is 5.10 Å². The smallest absolute Gasteiger partial charge is 0.287 e. The molecule has 0 saturated heterocycles. The van der Waals surface area contributed by atoms with Gasteiger partial charge in [0.15, 0.2) is 5.76 Å². The van der Waals surface area contributed by atoms with Crippen molar-refractivity contribution in [3.05, 3.63) is 53.5 Å². The Hall–Kier alpha value is -3.09. The first-order valence-corrected chi connectivity index (χ1v) is 6.49. The molecular formula is C15H15N3O4. The van der Waals surface area contributed by atoms with E-state index in [0.29, 0.717) is 5.56 Å². The Morgan fingerprint density at radius 3 is 2.91 bits per heavy atom. The van der Waals surface area contributed by atoms with E-state index in [2.05, 4.69) is 15.8 Å². The van der Waals surface area contributed by atoms with E-state index in [1.807, 2.05) is 6.92 Å². The summed E-state index contributed by atoms with van der Waals surface area (Å²) < 4.78 is 4.89. The number of nitrogens with one attached hydrogen (secondary N) is 2. The Labute approximate surface area is 126 Å². The van der Waals surface area contributed by atoms with Crippen LogP contribution in [0.1, 0.15) is 21.7 Å². The third kappa shape index (κ3) is 4.20. The number of rotatable bonds is 5. The number of carbonyl (C=O) groups is 2. The number of benzene rings is 1. The van der Waals surface area contributed by atoms with E-state index in [4.69, 9.17) is 4.42 Å². The van der Waals surface area contributed by atoms with E-state index in [1.54, 1.807) is 24.3 Å². The fourth-order valence-corrected chi connectivity index (χ4v) is 1.65. The molecule has 0 aliphatic heterocycles. The maximum atomic E-state index is 11.5. The number of phenolic OH excluding ortho intramolecular Hbond substituents is 1. The Morgan fingerprint density at radius 2 is 2.18 bits per heavy atom. The number of amides is 2. The van der Waals surface area contributed by atoms with Gasteiger partial charge in [0.25, 0.3) is 11.8 Å². The molecule has 2 aromatic rings. The topological polar surface area (TPSA) is 104 Å². The Kier molecular flexibility index (Phi) is 4.92. The van der Waals surface area contributed by atoms with Gasteiger partial charge in [-0.3, -0.25) is 9.59 Å². The highest BCUT2D eigenvalue weighted by Gasteiger charge is 2.09. The molecular weight excluding hydrogens is 286 g/mol. The maximum Gasteiger partial charge on any atom is 0.287 e.